The molecule has 0 radical (unpaired) electrons. The van der Waals surface area contributed by atoms with Crippen LogP contribution in [-0.4, -0.2) is 62.5 Å². The smallest absolute Gasteiger partial charge is 0.243 e. The number of aromatic nitrogens is 1. The summed E-state index contributed by atoms with van der Waals surface area (Å²) in [5, 5.41) is 0. The van der Waals surface area contributed by atoms with Gasteiger partial charge in [0, 0.05) is 44.1 Å². The van der Waals surface area contributed by atoms with Crippen LogP contribution < -0.4 is 9.47 Å². The molecule has 29 heavy (non-hydrogen) atoms. The number of rotatable bonds is 8. The number of piperidine rings is 1. The van der Waals surface area contributed by atoms with Crippen LogP contribution in [0.1, 0.15) is 25.3 Å². The zero-order valence-corrected chi connectivity index (χ0v) is 18.1. The number of pyridine rings is 1. The number of hydrogen-bond donors (Lipinski definition) is 0. The summed E-state index contributed by atoms with van der Waals surface area (Å²) in [7, 11) is -0.571. The Hall–Kier alpha value is -2.16. The van der Waals surface area contributed by atoms with E-state index in [9.17, 15) is 8.42 Å². The van der Waals surface area contributed by atoms with Crippen molar-refractivity contribution in [2.45, 2.75) is 37.2 Å². The zero-order chi connectivity index (χ0) is 20.9. The van der Waals surface area contributed by atoms with E-state index in [4.69, 9.17) is 9.47 Å². The monoisotopic (exact) mass is 419 g/mol. The average Bonchev–Trinajstić information content (AvgIpc) is 2.77. The highest BCUT2D eigenvalue weighted by Gasteiger charge is 2.33. The summed E-state index contributed by atoms with van der Waals surface area (Å²) in [5.41, 5.74) is 1.18. The lowest BCUT2D eigenvalue weighted by Crippen LogP contribution is -2.49. The van der Waals surface area contributed by atoms with Crippen LogP contribution in [-0.2, 0) is 16.6 Å². The summed E-state index contributed by atoms with van der Waals surface area (Å²) in [5.74, 6) is 0.924. The first-order valence-electron chi connectivity index (χ1n) is 9.84. The van der Waals surface area contributed by atoms with Crippen LogP contribution in [0.5, 0.6) is 11.5 Å². The van der Waals surface area contributed by atoms with Crippen LogP contribution in [0.25, 0.3) is 0 Å². The Labute approximate surface area is 173 Å². The quantitative estimate of drug-likeness (QED) is 0.655. The van der Waals surface area contributed by atoms with Gasteiger partial charge >= 0.3 is 0 Å². The maximum Gasteiger partial charge on any atom is 0.243 e. The van der Waals surface area contributed by atoms with Gasteiger partial charge in [0.25, 0.3) is 0 Å². The first kappa shape index (κ1) is 21.5. The van der Waals surface area contributed by atoms with E-state index in [-0.39, 0.29) is 10.9 Å². The lowest BCUT2D eigenvalue weighted by molar-refractivity contribution is 0.134. The minimum Gasteiger partial charge on any atom is -0.493 e. The van der Waals surface area contributed by atoms with E-state index in [0.29, 0.717) is 24.6 Å². The topological polar surface area (TPSA) is 72.0 Å². The van der Waals surface area contributed by atoms with Gasteiger partial charge in [0.05, 0.1) is 19.1 Å². The lowest BCUT2D eigenvalue weighted by Gasteiger charge is -2.38. The van der Waals surface area contributed by atoms with Gasteiger partial charge in [-0.2, -0.15) is 4.31 Å². The van der Waals surface area contributed by atoms with Gasteiger partial charge < -0.3 is 9.47 Å². The SMILES string of the molecule is CCN(Cc1ccncc1)C1CCCN(S(=O)(=O)c2ccc(OC)c(OC)c2)C1. The Morgan fingerprint density at radius 3 is 2.52 bits per heavy atom. The van der Waals surface area contributed by atoms with E-state index in [2.05, 4.69) is 16.8 Å². The van der Waals surface area contributed by atoms with Gasteiger partial charge in [-0.05, 0) is 49.2 Å². The number of hydrogen-bond acceptors (Lipinski definition) is 6. The maximum atomic E-state index is 13.3. The summed E-state index contributed by atoms with van der Waals surface area (Å²) in [6.45, 7) is 4.77. The van der Waals surface area contributed by atoms with Crippen molar-refractivity contribution in [1.29, 1.82) is 0 Å². The first-order valence-corrected chi connectivity index (χ1v) is 11.3. The van der Waals surface area contributed by atoms with E-state index >= 15 is 0 Å². The van der Waals surface area contributed by atoms with Gasteiger partial charge in [-0.15, -0.1) is 0 Å². The molecule has 0 spiro atoms. The van der Waals surface area contributed by atoms with Gasteiger partial charge in [-0.25, -0.2) is 8.42 Å². The van der Waals surface area contributed by atoms with Gasteiger partial charge in [0.1, 0.15) is 0 Å². The molecule has 8 heteroatoms. The number of methoxy groups -OCH3 is 2. The number of benzene rings is 1. The van der Waals surface area contributed by atoms with Crippen LogP contribution in [0.3, 0.4) is 0 Å². The van der Waals surface area contributed by atoms with Gasteiger partial charge in [0.15, 0.2) is 11.5 Å². The molecule has 0 aliphatic carbocycles. The fourth-order valence-corrected chi connectivity index (χ4v) is 5.32. The van der Waals surface area contributed by atoms with Crippen LogP contribution in [0, 0.1) is 0 Å². The van der Waals surface area contributed by atoms with E-state index in [1.54, 1.807) is 28.8 Å². The number of sulfonamides is 1. The van der Waals surface area contributed by atoms with Crippen molar-refractivity contribution in [1.82, 2.24) is 14.2 Å². The van der Waals surface area contributed by atoms with Crippen LogP contribution in [0.15, 0.2) is 47.6 Å². The molecule has 1 saturated heterocycles. The molecular weight excluding hydrogens is 390 g/mol. The molecule has 0 N–H and O–H groups in total. The summed E-state index contributed by atoms with van der Waals surface area (Å²) in [6.07, 6.45) is 5.40. The van der Waals surface area contributed by atoms with Gasteiger partial charge in [-0.3, -0.25) is 9.88 Å². The first-order chi connectivity index (χ1) is 14.0. The molecule has 1 aliphatic heterocycles. The summed E-state index contributed by atoms with van der Waals surface area (Å²) in [4.78, 5) is 6.64. The van der Waals surface area contributed by atoms with Crippen molar-refractivity contribution in [2.24, 2.45) is 0 Å². The van der Waals surface area contributed by atoms with Crippen molar-refractivity contribution < 1.29 is 17.9 Å². The Bertz CT molecular complexity index is 905. The molecule has 0 saturated carbocycles. The normalized spacial score (nSPS) is 18.0. The fourth-order valence-electron chi connectivity index (χ4n) is 3.79. The van der Waals surface area contributed by atoms with Crippen molar-refractivity contribution in [2.75, 3.05) is 33.9 Å². The van der Waals surface area contributed by atoms with Crippen molar-refractivity contribution in [3.05, 3.63) is 48.3 Å². The van der Waals surface area contributed by atoms with Crippen molar-refractivity contribution in [3.8, 4) is 11.5 Å². The van der Waals surface area contributed by atoms with Gasteiger partial charge in [-0.1, -0.05) is 6.92 Å². The van der Waals surface area contributed by atoms with E-state index in [1.807, 2.05) is 12.1 Å². The van der Waals surface area contributed by atoms with Gasteiger partial charge in [0.2, 0.25) is 10.0 Å². The molecule has 1 unspecified atom stereocenters. The summed E-state index contributed by atoms with van der Waals surface area (Å²) < 4.78 is 38.6. The molecule has 1 atom stereocenters. The molecule has 1 aliphatic rings. The van der Waals surface area contributed by atoms with E-state index in [1.165, 1.54) is 25.8 Å². The predicted molar refractivity (Wildman–Crippen MR) is 112 cm³/mol. The average molecular weight is 420 g/mol. The van der Waals surface area contributed by atoms with Crippen molar-refractivity contribution >= 4 is 10.0 Å². The maximum absolute atomic E-state index is 13.3. The highest BCUT2D eigenvalue weighted by atomic mass is 32.2. The molecular formula is C21H29N3O4S. The second-order valence-electron chi connectivity index (χ2n) is 7.09. The molecule has 2 aromatic rings. The molecule has 158 valence electrons. The summed E-state index contributed by atoms with van der Waals surface area (Å²) >= 11 is 0. The third-order valence-corrected chi connectivity index (χ3v) is 7.27. The third kappa shape index (κ3) is 4.88. The highest BCUT2D eigenvalue weighted by Crippen LogP contribution is 2.32. The molecule has 0 bridgehead atoms. The highest BCUT2D eigenvalue weighted by molar-refractivity contribution is 7.89. The summed E-state index contributed by atoms with van der Waals surface area (Å²) in [6, 6.07) is 8.93. The van der Waals surface area contributed by atoms with Crippen molar-refractivity contribution in [3.63, 3.8) is 0 Å². The Morgan fingerprint density at radius 2 is 1.86 bits per heavy atom. The minimum absolute atomic E-state index is 0.178. The Kier molecular flexibility index (Phi) is 7.10. The Morgan fingerprint density at radius 1 is 1.14 bits per heavy atom. The molecule has 2 heterocycles. The molecule has 7 nitrogen and oxygen atoms in total. The number of ether oxygens (including phenoxy) is 2. The number of likely N-dealkylation sites (N-methyl/N-ethyl adjacent to an activating group) is 1. The molecule has 1 aromatic carbocycles. The number of nitrogens with zero attached hydrogens (tertiary/aromatic N) is 3. The Balaban J connectivity index is 1.78. The minimum atomic E-state index is -3.61. The van der Waals surface area contributed by atoms with E-state index in [0.717, 1.165) is 25.9 Å². The van der Waals surface area contributed by atoms with Crippen LogP contribution in [0.4, 0.5) is 0 Å². The molecule has 3 rings (SSSR count). The standard InChI is InChI=1S/C21H29N3O4S/c1-4-23(15-17-9-11-22-12-10-17)18-6-5-13-24(16-18)29(25,26)19-7-8-20(27-2)21(14-19)28-3/h7-12,14,18H,4-6,13,15-16H2,1-3H3. The molecule has 1 aromatic heterocycles. The largest absolute Gasteiger partial charge is 0.493 e. The predicted octanol–water partition coefficient (Wildman–Crippen LogP) is 2.77. The second-order valence-corrected chi connectivity index (χ2v) is 9.03. The second kappa shape index (κ2) is 9.56. The van der Waals surface area contributed by atoms with Crippen LogP contribution in [0.2, 0.25) is 0 Å². The molecule has 1 fully saturated rings. The van der Waals surface area contributed by atoms with E-state index < -0.39 is 10.0 Å². The fraction of sp³-hybridized carbons (Fsp3) is 0.476. The lowest BCUT2D eigenvalue weighted by atomic mass is 10.1. The zero-order valence-electron chi connectivity index (χ0n) is 17.2. The third-order valence-electron chi connectivity index (χ3n) is 5.41. The molecule has 0 amide bonds. The van der Waals surface area contributed by atoms with Crippen LogP contribution >= 0.6 is 0 Å².